The molecule has 0 spiro atoms. The molecule has 4 aromatic rings. The maximum absolute atomic E-state index is 6.21. The number of hydrogen-bond donors (Lipinski definition) is 0. The number of nitrogens with zero attached hydrogens (tertiary/aromatic N) is 3. The molecule has 5 heteroatoms. The van der Waals surface area contributed by atoms with E-state index in [1.165, 1.54) is 5.56 Å². The Morgan fingerprint density at radius 2 is 1.66 bits per heavy atom. The van der Waals surface area contributed by atoms with E-state index in [1.54, 1.807) is 13.4 Å². The van der Waals surface area contributed by atoms with Crippen molar-refractivity contribution < 1.29 is 9.47 Å². The lowest BCUT2D eigenvalue weighted by Crippen LogP contribution is -2.21. The second kappa shape index (κ2) is 8.38. The molecule has 2 aromatic heterocycles. The van der Waals surface area contributed by atoms with Crippen LogP contribution in [0.15, 0.2) is 55.0 Å². The number of rotatable bonds is 6. The molecule has 0 fully saturated rings. The molecule has 0 N–H and O–H groups in total. The van der Waals surface area contributed by atoms with Crippen molar-refractivity contribution in [3.8, 4) is 11.5 Å². The van der Waals surface area contributed by atoms with E-state index in [0.717, 1.165) is 33.9 Å². The SMILES string of the molecule is COc1cc2c(C(C)(C)C)ncnc2cc1OCCC(C)(C)c1ccc2cccnc2c1. The first-order valence-electron chi connectivity index (χ1n) is 11.0. The molecule has 2 heterocycles. The molecule has 0 bridgehead atoms. The third kappa shape index (κ3) is 4.38. The van der Waals surface area contributed by atoms with E-state index in [1.807, 2.05) is 24.4 Å². The van der Waals surface area contributed by atoms with Gasteiger partial charge in [-0.15, -0.1) is 0 Å². The maximum Gasteiger partial charge on any atom is 0.163 e. The van der Waals surface area contributed by atoms with Crippen LogP contribution in [0.1, 0.15) is 52.3 Å². The second-order valence-electron chi connectivity index (χ2n) is 9.89. The molecule has 0 aliphatic heterocycles. The largest absolute Gasteiger partial charge is 0.493 e. The van der Waals surface area contributed by atoms with Gasteiger partial charge in [0, 0.05) is 28.5 Å². The van der Waals surface area contributed by atoms with Crippen molar-refractivity contribution in [2.45, 2.75) is 51.9 Å². The van der Waals surface area contributed by atoms with E-state index in [4.69, 9.17) is 9.47 Å². The number of pyridine rings is 1. The van der Waals surface area contributed by atoms with Gasteiger partial charge < -0.3 is 9.47 Å². The monoisotopic (exact) mass is 429 g/mol. The molecule has 0 saturated heterocycles. The second-order valence-corrected chi connectivity index (χ2v) is 9.89. The summed E-state index contributed by atoms with van der Waals surface area (Å²) >= 11 is 0. The Labute approximate surface area is 189 Å². The zero-order valence-corrected chi connectivity index (χ0v) is 19.8. The zero-order chi connectivity index (χ0) is 22.9. The van der Waals surface area contributed by atoms with Crippen LogP contribution in [-0.4, -0.2) is 28.7 Å². The van der Waals surface area contributed by atoms with Crippen LogP contribution in [0.4, 0.5) is 0 Å². The van der Waals surface area contributed by atoms with Gasteiger partial charge in [0.2, 0.25) is 0 Å². The lowest BCUT2D eigenvalue weighted by molar-refractivity contribution is 0.260. The normalized spacial score (nSPS) is 12.3. The molecule has 0 unspecified atom stereocenters. The molecular formula is C27H31N3O2. The topological polar surface area (TPSA) is 57.1 Å². The van der Waals surface area contributed by atoms with Crippen LogP contribution in [0.3, 0.4) is 0 Å². The van der Waals surface area contributed by atoms with Crippen LogP contribution in [0.5, 0.6) is 11.5 Å². The van der Waals surface area contributed by atoms with Crippen molar-refractivity contribution in [1.82, 2.24) is 15.0 Å². The van der Waals surface area contributed by atoms with E-state index < -0.39 is 0 Å². The van der Waals surface area contributed by atoms with Gasteiger partial charge in [-0.25, -0.2) is 9.97 Å². The fourth-order valence-electron chi connectivity index (χ4n) is 3.98. The van der Waals surface area contributed by atoms with E-state index in [9.17, 15) is 0 Å². The highest BCUT2D eigenvalue weighted by Gasteiger charge is 2.23. The molecule has 0 amide bonds. The Morgan fingerprint density at radius 1 is 0.844 bits per heavy atom. The predicted molar refractivity (Wildman–Crippen MR) is 130 cm³/mol. The van der Waals surface area contributed by atoms with Crippen LogP contribution < -0.4 is 9.47 Å². The molecule has 0 aliphatic rings. The highest BCUT2D eigenvalue weighted by molar-refractivity contribution is 5.85. The lowest BCUT2D eigenvalue weighted by atomic mass is 9.81. The van der Waals surface area contributed by atoms with Crippen molar-refractivity contribution in [3.63, 3.8) is 0 Å². The van der Waals surface area contributed by atoms with Gasteiger partial charge in [-0.1, -0.05) is 52.8 Å². The van der Waals surface area contributed by atoms with Crippen LogP contribution in [0, 0.1) is 0 Å². The minimum absolute atomic E-state index is 0.0582. The summed E-state index contributed by atoms with van der Waals surface area (Å²) in [5.74, 6) is 1.40. The number of hydrogen-bond acceptors (Lipinski definition) is 5. The van der Waals surface area contributed by atoms with Gasteiger partial charge in [0.1, 0.15) is 6.33 Å². The molecule has 0 aliphatic carbocycles. The predicted octanol–water partition coefficient (Wildman–Crippen LogP) is 6.23. The molecular weight excluding hydrogens is 398 g/mol. The average Bonchev–Trinajstić information content (AvgIpc) is 2.77. The minimum Gasteiger partial charge on any atom is -0.493 e. The first-order valence-corrected chi connectivity index (χ1v) is 11.0. The third-order valence-electron chi connectivity index (χ3n) is 6.00. The van der Waals surface area contributed by atoms with Crippen molar-refractivity contribution in [2.24, 2.45) is 0 Å². The fourth-order valence-corrected chi connectivity index (χ4v) is 3.98. The van der Waals surface area contributed by atoms with E-state index in [-0.39, 0.29) is 10.8 Å². The quantitative estimate of drug-likeness (QED) is 0.364. The molecule has 0 saturated carbocycles. The van der Waals surface area contributed by atoms with Gasteiger partial charge in [0.25, 0.3) is 0 Å². The first-order chi connectivity index (χ1) is 15.2. The van der Waals surface area contributed by atoms with Gasteiger partial charge >= 0.3 is 0 Å². The summed E-state index contributed by atoms with van der Waals surface area (Å²) < 4.78 is 11.9. The van der Waals surface area contributed by atoms with Crippen LogP contribution >= 0.6 is 0 Å². The average molecular weight is 430 g/mol. The van der Waals surface area contributed by atoms with Crippen molar-refractivity contribution >= 4 is 21.8 Å². The van der Waals surface area contributed by atoms with Crippen molar-refractivity contribution in [2.75, 3.05) is 13.7 Å². The number of aromatic nitrogens is 3. The number of ether oxygens (including phenoxy) is 2. The highest BCUT2D eigenvalue weighted by atomic mass is 16.5. The summed E-state index contributed by atoms with van der Waals surface area (Å²) in [5.41, 5.74) is 3.98. The van der Waals surface area contributed by atoms with Crippen LogP contribution in [-0.2, 0) is 10.8 Å². The third-order valence-corrected chi connectivity index (χ3v) is 6.00. The van der Waals surface area contributed by atoms with Crippen LogP contribution in [0.25, 0.3) is 21.8 Å². The molecule has 2 aromatic carbocycles. The summed E-state index contributed by atoms with van der Waals surface area (Å²) in [6.07, 6.45) is 4.31. The molecule has 0 atom stereocenters. The van der Waals surface area contributed by atoms with Gasteiger partial charge in [-0.05, 0) is 35.6 Å². The molecule has 4 rings (SSSR count). The van der Waals surface area contributed by atoms with Crippen molar-refractivity contribution in [3.05, 3.63) is 66.2 Å². The summed E-state index contributed by atoms with van der Waals surface area (Å²) in [4.78, 5) is 13.5. The van der Waals surface area contributed by atoms with Gasteiger partial charge in [-0.2, -0.15) is 0 Å². The number of benzene rings is 2. The van der Waals surface area contributed by atoms with Gasteiger partial charge in [0.15, 0.2) is 11.5 Å². The Bertz CT molecular complexity index is 1260. The van der Waals surface area contributed by atoms with E-state index >= 15 is 0 Å². The summed E-state index contributed by atoms with van der Waals surface area (Å²) in [7, 11) is 1.67. The number of fused-ring (bicyclic) bond motifs is 2. The fraction of sp³-hybridized carbons (Fsp3) is 0.370. The van der Waals surface area contributed by atoms with E-state index in [2.05, 4.69) is 73.8 Å². The molecule has 166 valence electrons. The standard InChI is InChI=1S/C27H31N3O2/c1-26(2,3)25-20-15-23(31-6)24(16-22(20)29-17-30-25)32-13-11-27(4,5)19-10-9-18-8-7-12-28-21(18)14-19/h7-10,12,14-17H,11,13H2,1-6H3. The zero-order valence-electron chi connectivity index (χ0n) is 19.8. The smallest absolute Gasteiger partial charge is 0.163 e. The minimum atomic E-state index is -0.0900. The highest BCUT2D eigenvalue weighted by Crippen LogP contribution is 2.36. The van der Waals surface area contributed by atoms with Gasteiger partial charge in [0.05, 0.1) is 30.4 Å². The lowest BCUT2D eigenvalue weighted by Gasteiger charge is -2.26. The van der Waals surface area contributed by atoms with E-state index in [0.29, 0.717) is 18.1 Å². The van der Waals surface area contributed by atoms with Crippen molar-refractivity contribution in [1.29, 1.82) is 0 Å². The number of methoxy groups -OCH3 is 1. The molecule has 32 heavy (non-hydrogen) atoms. The molecule has 0 radical (unpaired) electrons. The Hall–Kier alpha value is -3.21. The van der Waals surface area contributed by atoms with Crippen LogP contribution in [0.2, 0.25) is 0 Å². The van der Waals surface area contributed by atoms with Gasteiger partial charge in [-0.3, -0.25) is 4.98 Å². The summed E-state index contributed by atoms with van der Waals surface area (Å²) in [6.45, 7) is 11.5. The molecule has 5 nitrogen and oxygen atoms in total. The summed E-state index contributed by atoms with van der Waals surface area (Å²) in [5, 5.41) is 2.15. The first kappa shape index (κ1) is 22.0. The maximum atomic E-state index is 6.21. The Balaban J connectivity index is 1.55. The Morgan fingerprint density at radius 3 is 2.41 bits per heavy atom. The summed E-state index contributed by atoms with van der Waals surface area (Å²) in [6, 6.07) is 14.5. The Kier molecular flexibility index (Phi) is 5.76.